The summed E-state index contributed by atoms with van der Waals surface area (Å²) in [6, 6.07) is 44.9. The Morgan fingerprint density at radius 1 is 0.386 bits per heavy atom. The van der Waals surface area contributed by atoms with Gasteiger partial charge in [0.15, 0.2) is 17.5 Å². The minimum absolute atomic E-state index is 0.00897. The van der Waals surface area contributed by atoms with Gasteiger partial charge in [-0.05, 0) is 36.4 Å². The number of nitrogens with zero attached hydrogens (tertiary/aromatic N) is 4. The topological polar surface area (TPSA) is 69.9 Å². The smallest absolute Gasteiger partial charge is 0.167 e. The first kappa shape index (κ1) is 26.1. The van der Waals surface area contributed by atoms with Crippen molar-refractivity contribution in [1.29, 1.82) is 0 Å². The number of hydrogen-bond donors (Lipinski definition) is 0. The molecule has 6 heteroatoms. The zero-order chi connectivity index (χ0) is 42.7. The van der Waals surface area contributed by atoms with Gasteiger partial charge in [0.1, 0.15) is 22.3 Å². The van der Waals surface area contributed by atoms with E-state index < -0.39 is 0 Å². The average molecular weight is 737 g/mol. The van der Waals surface area contributed by atoms with Gasteiger partial charge < -0.3 is 13.4 Å². The first-order chi connectivity index (χ1) is 30.8. The number of fused-ring (bicyclic) bond motifs is 9. The third kappa shape index (κ3) is 4.81. The van der Waals surface area contributed by atoms with E-state index in [0.29, 0.717) is 45.4 Å². The molecule has 0 saturated heterocycles. The molecule has 0 aliphatic carbocycles. The number of aromatic nitrogens is 4. The molecule has 0 aliphatic heterocycles. The van der Waals surface area contributed by atoms with Crippen molar-refractivity contribution < 1.29 is 17.1 Å². The minimum Gasteiger partial charge on any atom is -0.455 e. The molecule has 0 amide bonds. The van der Waals surface area contributed by atoms with Gasteiger partial charge in [-0.1, -0.05) is 145 Å². The van der Waals surface area contributed by atoms with Crippen LogP contribution in [-0.2, 0) is 0 Å². The van der Waals surface area contributed by atoms with Crippen molar-refractivity contribution in [2.75, 3.05) is 0 Å². The van der Waals surface area contributed by atoms with Crippen molar-refractivity contribution in [3.63, 3.8) is 0 Å². The number of furan rings is 2. The Hall–Kier alpha value is -7.83. The standard InChI is InChI=1S/C51H30N4O2/c1-2-15-31(16-3-1)49-52-50(54-51(53-49)41-26-14-23-38-35-20-7-11-30-45(35)57-48(38)41)40-25-12-21-36(39-24-13-22-37-34-19-6-10-29-44(34)56-47(37)39)46(40)55-42-27-8-4-17-32(42)33-18-5-9-28-43(33)55/h1-30H/i6D,13D,19D,22D,24D,29D. The minimum atomic E-state index is -0.382. The molecule has 0 radical (unpaired) electrons. The van der Waals surface area contributed by atoms with Gasteiger partial charge in [-0.25, -0.2) is 15.0 Å². The maximum atomic E-state index is 9.56. The van der Waals surface area contributed by atoms with Crippen LogP contribution in [0.3, 0.4) is 0 Å². The van der Waals surface area contributed by atoms with E-state index in [9.17, 15) is 1.37 Å². The van der Waals surface area contributed by atoms with Crippen molar-refractivity contribution in [3.05, 3.63) is 182 Å². The quantitative estimate of drug-likeness (QED) is 0.176. The normalized spacial score (nSPS) is 13.3. The van der Waals surface area contributed by atoms with Crippen molar-refractivity contribution >= 4 is 65.7 Å². The van der Waals surface area contributed by atoms with Gasteiger partial charge in [-0.2, -0.15) is 0 Å². The fourth-order valence-corrected chi connectivity index (χ4v) is 8.15. The monoisotopic (exact) mass is 736 g/mol. The summed E-state index contributed by atoms with van der Waals surface area (Å²) >= 11 is 0. The van der Waals surface area contributed by atoms with Gasteiger partial charge in [0.05, 0.1) is 30.5 Å². The molecule has 0 saturated carbocycles. The maximum Gasteiger partial charge on any atom is 0.167 e. The Morgan fingerprint density at radius 2 is 0.982 bits per heavy atom. The van der Waals surface area contributed by atoms with Gasteiger partial charge >= 0.3 is 0 Å². The summed E-state index contributed by atoms with van der Waals surface area (Å²) in [5.41, 5.74) is 6.39. The van der Waals surface area contributed by atoms with Crippen LogP contribution in [0.2, 0.25) is 0 Å². The highest BCUT2D eigenvalue weighted by molar-refractivity contribution is 6.13. The van der Waals surface area contributed by atoms with E-state index in [0.717, 1.165) is 43.7 Å². The van der Waals surface area contributed by atoms with Crippen LogP contribution in [0.1, 0.15) is 8.22 Å². The van der Waals surface area contributed by atoms with Crippen molar-refractivity contribution in [3.8, 4) is 51.0 Å². The Balaban J connectivity index is 1.24. The zero-order valence-electron chi connectivity index (χ0n) is 36.0. The lowest BCUT2D eigenvalue weighted by Crippen LogP contribution is -2.05. The maximum absolute atomic E-state index is 9.56. The van der Waals surface area contributed by atoms with Gasteiger partial charge in [0, 0.05) is 54.6 Å². The van der Waals surface area contributed by atoms with E-state index in [4.69, 9.17) is 30.6 Å². The highest BCUT2D eigenvalue weighted by Crippen LogP contribution is 2.44. The number of hydrogen-bond acceptors (Lipinski definition) is 5. The fraction of sp³-hybridized carbons (Fsp3) is 0. The van der Waals surface area contributed by atoms with Gasteiger partial charge in [0.2, 0.25) is 0 Å². The van der Waals surface area contributed by atoms with Crippen LogP contribution in [-0.4, -0.2) is 19.5 Å². The molecule has 0 N–H and O–H groups in total. The molecule has 57 heavy (non-hydrogen) atoms. The predicted molar refractivity (Wildman–Crippen MR) is 230 cm³/mol. The summed E-state index contributed by atoms with van der Waals surface area (Å²) in [4.78, 5) is 15.6. The molecule has 0 spiro atoms. The molecule has 0 fully saturated rings. The highest BCUT2D eigenvalue weighted by atomic mass is 16.3. The molecule has 0 aliphatic rings. The second-order valence-corrected chi connectivity index (χ2v) is 13.8. The molecule has 12 rings (SSSR count). The molecular weight excluding hydrogens is 701 g/mol. The van der Waals surface area contributed by atoms with E-state index in [1.807, 2.05) is 127 Å². The van der Waals surface area contributed by atoms with Crippen molar-refractivity contribution in [1.82, 2.24) is 19.5 Å². The lowest BCUT2D eigenvalue weighted by Gasteiger charge is -2.19. The van der Waals surface area contributed by atoms with Crippen molar-refractivity contribution in [2.24, 2.45) is 0 Å². The Bertz CT molecular complexity index is 3840. The fourth-order valence-electron chi connectivity index (χ4n) is 8.15. The molecule has 0 bridgehead atoms. The summed E-state index contributed by atoms with van der Waals surface area (Å²) in [6.07, 6.45) is 0. The van der Waals surface area contributed by atoms with Gasteiger partial charge in [-0.3, -0.25) is 0 Å². The van der Waals surface area contributed by atoms with Crippen LogP contribution in [0.5, 0.6) is 0 Å². The summed E-state index contributed by atoms with van der Waals surface area (Å²) < 4.78 is 69.0. The summed E-state index contributed by atoms with van der Waals surface area (Å²) in [7, 11) is 0. The van der Waals surface area contributed by atoms with Crippen LogP contribution in [0, 0.1) is 0 Å². The molecule has 0 unspecified atom stereocenters. The molecule has 4 heterocycles. The zero-order valence-corrected chi connectivity index (χ0v) is 30.0. The Labute approximate surface area is 334 Å². The van der Waals surface area contributed by atoms with Gasteiger partial charge in [0.25, 0.3) is 0 Å². The third-order valence-corrected chi connectivity index (χ3v) is 10.6. The van der Waals surface area contributed by atoms with Crippen LogP contribution in [0.25, 0.3) is 117 Å². The third-order valence-electron chi connectivity index (χ3n) is 10.6. The second kappa shape index (κ2) is 12.3. The molecule has 0 atom stereocenters. The molecule has 6 nitrogen and oxygen atoms in total. The first-order valence-corrected chi connectivity index (χ1v) is 18.5. The van der Waals surface area contributed by atoms with Crippen LogP contribution in [0.15, 0.2) is 191 Å². The highest BCUT2D eigenvalue weighted by Gasteiger charge is 2.25. The average Bonchev–Trinajstić information content (AvgIpc) is 4.01. The Kier molecular flexibility index (Phi) is 5.64. The molecule has 8 aromatic carbocycles. The lowest BCUT2D eigenvalue weighted by molar-refractivity contribution is 0.669. The van der Waals surface area contributed by atoms with E-state index in [-0.39, 0.29) is 63.8 Å². The number of rotatable bonds is 5. The van der Waals surface area contributed by atoms with E-state index in [1.165, 1.54) is 6.07 Å². The van der Waals surface area contributed by atoms with Crippen LogP contribution < -0.4 is 0 Å². The van der Waals surface area contributed by atoms with Crippen molar-refractivity contribution in [2.45, 2.75) is 0 Å². The van der Waals surface area contributed by atoms with E-state index in [2.05, 4.69) is 16.7 Å². The number of para-hydroxylation sites is 7. The second-order valence-electron chi connectivity index (χ2n) is 13.8. The SMILES string of the molecule is [2H]c1cc([2H])c2oc3c(-c4cccc(-c5nc(-c6ccccc6)nc(-c6cccc7c6oc6ccccc67)n5)c4-n4c5ccccc5c5ccccc54)c([2H])c([2H])c([2H])c3c2c1[2H]. The first-order valence-electron chi connectivity index (χ1n) is 21.5. The van der Waals surface area contributed by atoms with E-state index >= 15 is 0 Å². The molecule has 4 aromatic heterocycles. The Morgan fingerprint density at radius 3 is 1.81 bits per heavy atom. The molecule has 266 valence electrons. The van der Waals surface area contributed by atoms with Gasteiger partial charge in [-0.15, -0.1) is 0 Å². The lowest BCUT2D eigenvalue weighted by atomic mass is 9.97. The van der Waals surface area contributed by atoms with Crippen LogP contribution in [0.4, 0.5) is 0 Å². The molecular formula is C51H30N4O2. The molecule has 12 aromatic rings. The van der Waals surface area contributed by atoms with Crippen LogP contribution >= 0.6 is 0 Å². The van der Waals surface area contributed by atoms with E-state index in [1.54, 1.807) is 0 Å². The predicted octanol–water partition coefficient (Wildman–Crippen LogP) is 13.4. The summed E-state index contributed by atoms with van der Waals surface area (Å²) in [6.45, 7) is 0. The summed E-state index contributed by atoms with van der Waals surface area (Å²) in [5, 5.41) is 4.04. The number of benzene rings is 8. The largest absolute Gasteiger partial charge is 0.455 e. The summed E-state index contributed by atoms with van der Waals surface area (Å²) in [5.74, 6) is 1.13.